The van der Waals surface area contributed by atoms with Crippen LogP contribution in [0.2, 0.25) is 0 Å². The summed E-state index contributed by atoms with van der Waals surface area (Å²) in [5.41, 5.74) is 0.425. The van der Waals surface area contributed by atoms with Crippen molar-refractivity contribution in [2.45, 2.75) is 25.9 Å². The summed E-state index contributed by atoms with van der Waals surface area (Å²) in [6.07, 6.45) is 4.12. The van der Waals surface area contributed by atoms with Gasteiger partial charge in [-0.05, 0) is 26.0 Å². The number of benzene rings is 1. The third-order valence-electron chi connectivity index (χ3n) is 2.68. The number of rotatable bonds is 3. The van der Waals surface area contributed by atoms with Crippen molar-refractivity contribution >= 4 is 12.0 Å². The molecular weight excluding hydrogens is 216 g/mol. The largest absolute Gasteiger partial charge is 0.482 e. The molecule has 3 nitrogen and oxygen atoms in total. The van der Waals surface area contributed by atoms with Gasteiger partial charge in [-0.15, -0.1) is 0 Å². The van der Waals surface area contributed by atoms with Gasteiger partial charge in [0.2, 0.25) is 0 Å². The molecule has 1 atom stereocenters. The molecular formula is C14H16O3. The highest BCUT2D eigenvalue weighted by Gasteiger charge is 2.30. The first-order valence-electron chi connectivity index (χ1n) is 5.76. The van der Waals surface area contributed by atoms with Gasteiger partial charge in [-0.1, -0.05) is 24.3 Å². The van der Waals surface area contributed by atoms with Crippen LogP contribution in [0.5, 0.6) is 5.75 Å². The molecule has 1 aromatic carbocycles. The molecule has 0 saturated carbocycles. The summed E-state index contributed by atoms with van der Waals surface area (Å²) < 4.78 is 10.8. The molecule has 17 heavy (non-hydrogen) atoms. The van der Waals surface area contributed by atoms with Crippen molar-refractivity contribution in [3.8, 4) is 5.75 Å². The third kappa shape index (κ3) is 2.67. The van der Waals surface area contributed by atoms with Crippen LogP contribution in [0.1, 0.15) is 25.8 Å². The summed E-state index contributed by atoms with van der Waals surface area (Å²) in [6, 6.07) is 7.77. The van der Waals surface area contributed by atoms with E-state index in [0.29, 0.717) is 6.61 Å². The second kappa shape index (κ2) is 4.62. The lowest BCUT2D eigenvalue weighted by molar-refractivity contribution is -0.146. The Morgan fingerprint density at radius 1 is 1.41 bits per heavy atom. The fourth-order valence-electron chi connectivity index (χ4n) is 1.86. The van der Waals surface area contributed by atoms with E-state index in [1.54, 1.807) is 6.92 Å². The summed E-state index contributed by atoms with van der Waals surface area (Å²) >= 11 is 0. The molecule has 0 radical (unpaired) electrons. The van der Waals surface area contributed by atoms with E-state index < -0.39 is 5.60 Å². The van der Waals surface area contributed by atoms with E-state index in [9.17, 15) is 4.79 Å². The van der Waals surface area contributed by atoms with Gasteiger partial charge < -0.3 is 9.47 Å². The molecule has 0 bridgehead atoms. The molecule has 2 rings (SSSR count). The number of carbonyl (C=O) groups excluding carboxylic acids is 1. The lowest BCUT2D eigenvalue weighted by atomic mass is 9.97. The van der Waals surface area contributed by atoms with Crippen molar-refractivity contribution in [2.24, 2.45) is 0 Å². The highest BCUT2D eigenvalue weighted by molar-refractivity contribution is 5.72. The van der Waals surface area contributed by atoms with Gasteiger partial charge in [-0.3, -0.25) is 4.79 Å². The fraction of sp³-hybridized carbons (Fsp3) is 0.357. The smallest absolute Gasteiger partial charge is 0.310 e. The van der Waals surface area contributed by atoms with E-state index in [0.717, 1.165) is 11.3 Å². The van der Waals surface area contributed by atoms with Gasteiger partial charge in [-0.25, -0.2) is 0 Å². The standard InChI is InChI=1S/C14H16O3/c1-3-16-13(15)10-14(2)9-8-11-6-4-5-7-12(11)17-14/h4-9H,3,10H2,1-2H3/t14-/m0/s1. The molecule has 0 spiro atoms. The van der Waals surface area contributed by atoms with Crippen molar-refractivity contribution in [3.05, 3.63) is 35.9 Å². The number of hydrogen-bond donors (Lipinski definition) is 0. The Kier molecular flexibility index (Phi) is 3.18. The van der Waals surface area contributed by atoms with Gasteiger partial charge in [-0.2, -0.15) is 0 Å². The Hall–Kier alpha value is -1.77. The molecule has 1 aromatic rings. The lowest BCUT2D eigenvalue weighted by Crippen LogP contribution is -2.35. The van der Waals surface area contributed by atoms with Crippen LogP contribution in [0.15, 0.2) is 30.3 Å². The first-order chi connectivity index (χ1) is 8.13. The van der Waals surface area contributed by atoms with Gasteiger partial charge in [0.25, 0.3) is 0 Å². The van der Waals surface area contributed by atoms with Gasteiger partial charge in [0, 0.05) is 5.56 Å². The third-order valence-corrected chi connectivity index (χ3v) is 2.68. The molecule has 0 saturated heterocycles. The molecule has 0 aliphatic carbocycles. The molecule has 1 aliphatic rings. The van der Waals surface area contributed by atoms with Crippen LogP contribution < -0.4 is 4.74 Å². The summed E-state index contributed by atoms with van der Waals surface area (Å²) in [5.74, 6) is 0.570. The molecule has 1 aliphatic heterocycles. The summed E-state index contributed by atoms with van der Waals surface area (Å²) in [7, 11) is 0. The lowest BCUT2D eigenvalue weighted by Gasteiger charge is -2.30. The number of carbonyl (C=O) groups is 1. The van der Waals surface area contributed by atoms with E-state index in [1.807, 2.05) is 43.3 Å². The van der Waals surface area contributed by atoms with Gasteiger partial charge >= 0.3 is 5.97 Å². The topological polar surface area (TPSA) is 35.5 Å². The number of esters is 1. The first-order valence-corrected chi connectivity index (χ1v) is 5.76. The number of hydrogen-bond acceptors (Lipinski definition) is 3. The number of ether oxygens (including phenoxy) is 2. The average molecular weight is 232 g/mol. The van der Waals surface area contributed by atoms with Crippen LogP contribution in [0.4, 0.5) is 0 Å². The minimum absolute atomic E-state index is 0.228. The van der Waals surface area contributed by atoms with Crippen LogP contribution in [0, 0.1) is 0 Å². The van der Waals surface area contributed by atoms with Gasteiger partial charge in [0.05, 0.1) is 13.0 Å². The zero-order chi connectivity index (χ0) is 12.3. The summed E-state index contributed by atoms with van der Waals surface area (Å²) in [5, 5.41) is 0. The Balaban J connectivity index is 2.13. The Bertz CT molecular complexity index is 451. The van der Waals surface area contributed by atoms with E-state index in [-0.39, 0.29) is 12.4 Å². The normalized spacial score (nSPS) is 21.5. The van der Waals surface area contributed by atoms with Crippen molar-refractivity contribution < 1.29 is 14.3 Å². The molecule has 0 aromatic heterocycles. The average Bonchev–Trinajstić information content (AvgIpc) is 2.28. The Morgan fingerprint density at radius 3 is 2.94 bits per heavy atom. The first kappa shape index (κ1) is 11.7. The molecule has 0 amide bonds. The van der Waals surface area contributed by atoms with Gasteiger partial charge in [0.15, 0.2) is 0 Å². The summed E-state index contributed by atoms with van der Waals surface area (Å²) in [6.45, 7) is 4.08. The maximum Gasteiger partial charge on any atom is 0.310 e. The minimum Gasteiger partial charge on any atom is -0.482 e. The van der Waals surface area contributed by atoms with E-state index >= 15 is 0 Å². The minimum atomic E-state index is -0.611. The van der Waals surface area contributed by atoms with E-state index in [4.69, 9.17) is 9.47 Å². The molecule has 90 valence electrons. The Labute approximate surface area is 101 Å². The molecule has 0 N–H and O–H groups in total. The molecule has 1 heterocycles. The van der Waals surface area contributed by atoms with E-state index in [2.05, 4.69) is 0 Å². The van der Waals surface area contributed by atoms with Crippen LogP contribution >= 0.6 is 0 Å². The van der Waals surface area contributed by atoms with Crippen LogP contribution in [-0.2, 0) is 9.53 Å². The monoisotopic (exact) mass is 232 g/mol. The zero-order valence-corrected chi connectivity index (χ0v) is 10.1. The number of para-hydroxylation sites is 1. The molecule has 3 heteroatoms. The molecule has 0 unspecified atom stereocenters. The second-order valence-corrected chi connectivity index (χ2v) is 4.27. The van der Waals surface area contributed by atoms with E-state index in [1.165, 1.54) is 0 Å². The highest BCUT2D eigenvalue weighted by Crippen LogP contribution is 2.32. The maximum absolute atomic E-state index is 11.5. The summed E-state index contributed by atoms with van der Waals surface area (Å²) in [4.78, 5) is 11.5. The number of fused-ring (bicyclic) bond motifs is 1. The predicted molar refractivity (Wildman–Crippen MR) is 65.8 cm³/mol. The van der Waals surface area contributed by atoms with Crippen molar-refractivity contribution in [2.75, 3.05) is 6.61 Å². The predicted octanol–water partition coefficient (Wildman–Crippen LogP) is 2.80. The second-order valence-electron chi connectivity index (χ2n) is 4.27. The van der Waals surface area contributed by atoms with Crippen molar-refractivity contribution in [1.82, 2.24) is 0 Å². The maximum atomic E-state index is 11.5. The van der Waals surface area contributed by atoms with Crippen LogP contribution in [0.3, 0.4) is 0 Å². The van der Waals surface area contributed by atoms with Crippen molar-refractivity contribution in [1.29, 1.82) is 0 Å². The van der Waals surface area contributed by atoms with Crippen molar-refractivity contribution in [3.63, 3.8) is 0 Å². The Morgan fingerprint density at radius 2 is 2.18 bits per heavy atom. The quantitative estimate of drug-likeness (QED) is 0.752. The molecule has 0 fully saturated rings. The zero-order valence-electron chi connectivity index (χ0n) is 10.1. The van der Waals surface area contributed by atoms with Gasteiger partial charge in [0.1, 0.15) is 11.4 Å². The SMILES string of the molecule is CCOC(=O)C[C@]1(C)C=Cc2ccccc2O1. The fourth-order valence-corrected chi connectivity index (χ4v) is 1.86. The highest BCUT2D eigenvalue weighted by atomic mass is 16.5. The van der Waals surface area contributed by atoms with Crippen LogP contribution in [0.25, 0.3) is 6.08 Å². The van der Waals surface area contributed by atoms with Crippen LogP contribution in [-0.4, -0.2) is 18.2 Å².